The standard InChI is InChI=1S/C25H25F3O/c1-2-3-4-5-8-17-29-19-13-11-18(12-14-19)24-21(15-16-23(27)25(24)28)20-9-6-7-10-22(20)26/h6-7,9-16H,2-5,8,17H2,1H3. The van der Waals surface area contributed by atoms with Crippen LogP contribution in [0.3, 0.4) is 0 Å². The second-order valence-electron chi connectivity index (χ2n) is 7.05. The third-order valence-corrected chi connectivity index (χ3v) is 4.92. The Kier molecular flexibility index (Phi) is 7.34. The van der Waals surface area contributed by atoms with Gasteiger partial charge in [0, 0.05) is 11.1 Å². The smallest absolute Gasteiger partial charge is 0.167 e. The predicted octanol–water partition coefficient (Wildman–Crippen LogP) is 7.79. The number of halogens is 3. The van der Waals surface area contributed by atoms with Crippen molar-refractivity contribution in [2.45, 2.75) is 39.0 Å². The predicted molar refractivity (Wildman–Crippen MR) is 111 cm³/mol. The lowest BCUT2D eigenvalue weighted by atomic mass is 9.93. The van der Waals surface area contributed by atoms with Gasteiger partial charge in [0.15, 0.2) is 11.6 Å². The lowest BCUT2D eigenvalue weighted by molar-refractivity contribution is 0.304. The molecule has 0 heterocycles. The van der Waals surface area contributed by atoms with Crippen molar-refractivity contribution in [3.05, 3.63) is 78.1 Å². The Labute approximate surface area is 170 Å². The molecule has 0 radical (unpaired) electrons. The zero-order chi connectivity index (χ0) is 20.6. The quantitative estimate of drug-likeness (QED) is 0.334. The average Bonchev–Trinajstić information content (AvgIpc) is 2.74. The SMILES string of the molecule is CCCCCCCOc1ccc(-c2c(-c3ccccc3F)ccc(F)c2F)cc1. The summed E-state index contributed by atoms with van der Waals surface area (Å²) in [6.45, 7) is 2.80. The van der Waals surface area contributed by atoms with Gasteiger partial charge in [-0.25, -0.2) is 13.2 Å². The third-order valence-electron chi connectivity index (χ3n) is 4.92. The molecule has 0 aliphatic rings. The van der Waals surface area contributed by atoms with Gasteiger partial charge in [-0.15, -0.1) is 0 Å². The molecule has 3 rings (SSSR count). The second kappa shape index (κ2) is 10.1. The molecule has 0 aliphatic heterocycles. The maximum atomic E-state index is 14.7. The van der Waals surface area contributed by atoms with E-state index in [9.17, 15) is 13.2 Å². The summed E-state index contributed by atoms with van der Waals surface area (Å²) in [6.07, 6.45) is 5.76. The lowest BCUT2D eigenvalue weighted by Crippen LogP contribution is -1.98. The van der Waals surface area contributed by atoms with Crippen LogP contribution in [0.25, 0.3) is 22.3 Å². The topological polar surface area (TPSA) is 9.23 Å². The number of rotatable bonds is 9. The van der Waals surface area contributed by atoms with Crippen molar-refractivity contribution in [1.82, 2.24) is 0 Å². The molecule has 0 spiro atoms. The van der Waals surface area contributed by atoms with Crippen molar-refractivity contribution in [3.8, 4) is 28.0 Å². The Bertz CT molecular complexity index is 935. The van der Waals surface area contributed by atoms with E-state index in [2.05, 4.69) is 6.92 Å². The van der Waals surface area contributed by atoms with Crippen LogP contribution in [-0.2, 0) is 0 Å². The van der Waals surface area contributed by atoms with Crippen LogP contribution in [0.4, 0.5) is 13.2 Å². The molecular formula is C25H25F3O. The van der Waals surface area contributed by atoms with Crippen LogP contribution in [0.15, 0.2) is 60.7 Å². The number of hydrogen-bond donors (Lipinski definition) is 0. The highest BCUT2D eigenvalue weighted by Gasteiger charge is 2.18. The maximum Gasteiger partial charge on any atom is 0.167 e. The van der Waals surface area contributed by atoms with Crippen LogP contribution < -0.4 is 4.74 Å². The summed E-state index contributed by atoms with van der Waals surface area (Å²) in [4.78, 5) is 0. The first kappa shape index (κ1) is 21.0. The fourth-order valence-corrected chi connectivity index (χ4v) is 3.35. The van der Waals surface area contributed by atoms with Gasteiger partial charge < -0.3 is 4.74 Å². The zero-order valence-corrected chi connectivity index (χ0v) is 16.6. The van der Waals surface area contributed by atoms with Crippen LogP contribution in [0.2, 0.25) is 0 Å². The minimum atomic E-state index is -0.990. The Morgan fingerprint density at radius 2 is 1.41 bits per heavy atom. The zero-order valence-electron chi connectivity index (χ0n) is 16.6. The van der Waals surface area contributed by atoms with E-state index in [1.807, 2.05) is 0 Å². The molecule has 0 N–H and O–H groups in total. The van der Waals surface area contributed by atoms with E-state index in [4.69, 9.17) is 4.74 Å². The Hall–Kier alpha value is -2.75. The molecule has 3 aromatic rings. The fraction of sp³-hybridized carbons (Fsp3) is 0.280. The largest absolute Gasteiger partial charge is 0.494 e. The van der Waals surface area contributed by atoms with Gasteiger partial charge in [0.1, 0.15) is 11.6 Å². The first-order chi connectivity index (χ1) is 14.1. The van der Waals surface area contributed by atoms with Gasteiger partial charge in [-0.05, 0) is 41.8 Å². The summed E-state index contributed by atoms with van der Waals surface area (Å²) in [5, 5.41) is 0. The van der Waals surface area contributed by atoms with Crippen molar-refractivity contribution in [1.29, 1.82) is 0 Å². The van der Waals surface area contributed by atoms with Crippen LogP contribution >= 0.6 is 0 Å². The van der Waals surface area contributed by atoms with Crippen molar-refractivity contribution < 1.29 is 17.9 Å². The first-order valence-corrected chi connectivity index (χ1v) is 10.1. The molecule has 0 unspecified atom stereocenters. The van der Waals surface area contributed by atoms with Gasteiger partial charge >= 0.3 is 0 Å². The van der Waals surface area contributed by atoms with E-state index in [0.29, 0.717) is 23.5 Å². The highest BCUT2D eigenvalue weighted by molar-refractivity contribution is 5.84. The van der Waals surface area contributed by atoms with E-state index in [1.54, 1.807) is 42.5 Å². The molecule has 0 amide bonds. The third kappa shape index (κ3) is 5.20. The van der Waals surface area contributed by atoms with E-state index in [-0.39, 0.29) is 11.1 Å². The highest BCUT2D eigenvalue weighted by atomic mass is 19.2. The molecule has 0 saturated carbocycles. The summed E-state index contributed by atoms with van der Waals surface area (Å²) in [6, 6.07) is 15.3. The van der Waals surface area contributed by atoms with Gasteiger partial charge in [0.25, 0.3) is 0 Å². The lowest BCUT2D eigenvalue weighted by Gasteiger charge is -2.13. The van der Waals surface area contributed by atoms with E-state index in [1.165, 1.54) is 31.4 Å². The minimum absolute atomic E-state index is 0.0428. The molecule has 0 aromatic heterocycles. The average molecular weight is 398 g/mol. The normalized spacial score (nSPS) is 10.9. The summed E-state index contributed by atoms with van der Waals surface area (Å²) >= 11 is 0. The van der Waals surface area contributed by atoms with Gasteiger partial charge in [-0.3, -0.25) is 0 Å². The number of ether oxygens (including phenoxy) is 1. The Morgan fingerprint density at radius 3 is 2.14 bits per heavy atom. The molecule has 1 nitrogen and oxygen atoms in total. The number of hydrogen-bond acceptors (Lipinski definition) is 1. The number of unbranched alkanes of at least 4 members (excludes halogenated alkanes) is 4. The molecule has 0 bridgehead atoms. The van der Waals surface area contributed by atoms with Gasteiger partial charge in [-0.2, -0.15) is 0 Å². The molecule has 0 saturated heterocycles. The molecule has 0 atom stereocenters. The Balaban J connectivity index is 1.82. The maximum absolute atomic E-state index is 14.7. The van der Waals surface area contributed by atoms with Crippen LogP contribution in [0.5, 0.6) is 5.75 Å². The van der Waals surface area contributed by atoms with Crippen molar-refractivity contribution >= 4 is 0 Å². The van der Waals surface area contributed by atoms with Gasteiger partial charge in [0.05, 0.1) is 6.61 Å². The molecule has 0 fully saturated rings. The van der Waals surface area contributed by atoms with E-state index >= 15 is 0 Å². The summed E-state index contributed by atoms with van der Waals surface area (Å²) in [5.41, 5.74) is 1.05. The van der Waals surface area contributed by atoms with Crippen molar-refractivity contribution in [3.63, 3.8) is 0 Å². The molecular weight excluding hydrogens is 373 g/mol. The van der Waals surface area contributed by atoms with E-state index in [0.717, 1.165) is 18.9 Å². The molecule has 0 aliphatic carbocycles. The van der Waals surface area contributed by atoms with Crippen LogP contribution in [0.1, 0.15) is 39.0 Å². The monoisotopic (exact) mass is 398 g/mol. The molecule has 29 heavy (non-hydrogen) atoms. The molecule has 152 valence electrons. The Morgan fingerprint density at radius 1 is 0.690 bits per heavy atom. The summed E-state index contributed by atoms with van der Waals surface area (Å²) in [5.74, 6) is -1.76. The van der Waals surface area contributed by atoms with Crippen LogP contribution in [0, 0.1) is 17.5 Å². The van der Waals surface area contributed by atoms with Crippen molar-refractivity contribution in [2.75, 3.05) is 6.61 Å². The summed E-state index contributed by atoms with van der Waals surface area (Å²) < 4.78 is 48.6. The highest BCUT2D eigenvalue weighted by Crippen LogP contribution is 2.37. The van der Waals surface area contributed by atoms with Gasteiger partial charge in [0.2, 0.25) is 0 Å². The van der Waals surface area contributed by atoms with E-state index < -0.39 is 17.5 Å². The fourth-order valence-electron chi connectivity index (χ4n) is 3.35. The van der Waals surface area contributed by atoms with Crippen LogP contribution in [-0.4, -0.2) is 6.61 Å². The van der Waals surface area contributed by atoms with Crippen molar-refractivity contribution in [2.24, 2.45) is 0 Å². The molecule has 3 aromatic carbocycles. The number of benzene rings is 3. The van der Waals surface area contributed by atoms with Gasteiger partial charge in [-0.1, -0.05) is 69.0 Å². The second-order valence-corrected chi connectivity index (χ2v) is 7.05. The minimum Gasteiger partial charge on any atom is -0.494 e. The molecule has 4 heteroatoms. The first-order valence-electron chi connectivity index (χ1n) is 10.1. The summed E-state index contributed by atoms with van der Waals surface area (Å²) in [7, 11) is 0.